The van der Waals surface area contributed by atoms with Crippen molar-refractivity contribution in [1.82, 2.24) is 5.16 Å². The Labute approximate surface area is 178 Å². The van der Waals surface area contributed by atoms with Crippen molar-refractivity contribution in [3.8, 4) is 5.75 Å². The largest absolute Gasteiger partial charge is 0.497 e. The summed E-state index contributed by atoms with van der Waals surface area (Å²) in [6.07, 6.45) is 1.28. The third kappa shape index (κ3) is 5.21. The number of methoxy groups -OCH3 is 1. The van der Waals surface area contributed by atoms with E-state index in [9.17, 15) is 9.60 Å². The Hall–Kier alpha value is -3.18. The Morgan fingerprint density at radius 1 is 1.17 bits per heavy atom. The summed E-state index contributed by atoms with van der Waals surface area (Å²) in [5.41, 5.74) is 1.53. The van der Waals surface area contributed by atoms with Crippen LogP contribution in [0.25, 0.3) is 0 Å². The molecule has 0 aliphatic carbocycles. The minimum atomic E-state index is -0.416. The maximum absolute atomic E-state index is 13.4. The molecule has 0 saturated heterocycles. The van der Waals surface area contributed by atoms with Crippen molar-refractivity contribution in [2.24, 2.45) is 5.16 Å². The summed E-state index contributed by atoms with van der Waals surface area (Å²) in [6, 6.07) is 11.4. The van der Waals surface area contributed by atoms with E-state index in [1.54, 1.807) is 31.4 Å². The number of thiocarbonyl (C=S) groups is 1. The number of anilines is 3. The van der Waals surface area contributed by atoms with Gasteiger partial charge in [0, 0.05) is 11.4 Å². The van der Waals surface area contributed by atoms with Crippen molar-refractivity contribution in [3.63, 3.8) is 0 Å². The predicted octanol–water partition coefficient (Wildman–Crippen LogP) is 4.64. The van der Waals surface area contributed by atoms with Crippen LogP contribution in [0, 0.1) is 5.82 Å². The van der Waals surface area contributed by atoms with Gasteiger partial charge >= 0.3 is 0 Å². The third-order valence-electron chi connectivity index (χ3n) is 3.69. The van der Waals surface area contributed by atoms with Crippen LogP contribution in [-0.2, 0) is 0 Å². The van der Waals surface area contributed by atoms with Crippen LogP contribution in [0.1, 0.15) is 5.56 Å². The third-order valence-corrected chi connectivity index (χ3v) is 4.50. The van der Waals surface area contributed by atoms with Crippen molar-refractivity contribution in [3.05, 3.63) is 64.6 Å². The van der Waals surface area contributed by atoms with E-state index in [0.29, 0.717) is 11.3 Å². The molecule has 1 aromatic heterocycles. The van der Waals surface area contributed by atoms with E-state index in [1.807, 2.05) is 0 Å². The molecule has 8 nitrogen and oxygen atoms in total. The molecule has 0 spiro atoms. The van der Waals surface area contributed by atoms with Gasteiger partial charge in [-0.15, -0.1) is 0 Å². The van der Waals surface area contributed by atoms with Crippen molar-refractivity contribution in [2.75, 3.05) is 23.1 Å². The van der Waals surface area contributed by atoms with Crippen LogP contribution in [0.3, 0.4) is 0 Å². The Bertz CT molecular complexity index is 1040. The van der Waals surface area contributed by atoms with Gasteiger partial charge in [-0.3, -0.25) is 0 Å². The molecule has 0 radical (unpaired) electrons. The highest BCUT2D eigenvalue weighted by molar-refractivity contribution is 9.10. The molecule has 0 unspecified atom stereocenters. The summed E-state index contributed by atoms with van der Waals surface area (Å²) >= 11 is 8.38. The highest BCUT2D eigenvalue weighted by Gasteiger charge is 2.17. The lowest BCUT2D eigenvalue weighted by Gasteiger charge is -2.11. The quantitative estimate of drug-likeness (QED) is 0.138. The van der Waals surface area contributed by atoms with Gasteiger partial charge in [0.25, 0.3) is 0 Å². The molecule has 150 valence electrons. The van der Waals surface area contributed by atoms with Gasteiger partial charge in [-0.1, -0.05) is 10.3 Å². The van der Waals surface area contributed by atoms with Crippen LogP contribution in [-0.4, -0.2) is 28.4 Å². The van der Waals surface area contributed by atoms with Crippen LogP contribution < -0.4 is 20.7 Å². The predicted molar refractivity (Wildman–Crippen MR) is 115 cm³/mol. The molecule has 0 amide bonds. The lowest BCUT2D eigenvalue weighted by Crippen LogP contribution is -2.22. The second-order valence-corrected chi connectivity index (χ2v) is 6.85. The van der Waals surface area contributed by atoms with Gasteiger partial charge in [0.2, 0.25) is 0 Å². The van der Waals surface area contributed by atoms with Gasteiger partial charge in [0.1, 0.15) is 23.4 Å². The van der Waals surface area contributed by atoms with Gasteiger partial charge < -0.3 is 30.4 Å². The number of amidine groups is 1. The van der Waals surface area contributed by atoms with Crippen molar-refractivity contribution in [1.29, 1.82) is 0 Å². The molecule has 0 bridgehead atoms. The minimum absolute atomic E-state index is 0.0273. The highest BCUT2D eigenvalue weighted by atomic mass is 79.9. The number of nitrogens with one attached hydrogen (secondary N) is 3. The molecule has 3 aromatic rings. The van der Waals surface area contributed by atoms with E-state index < -0.39 is 5.82 Å². The van der Waals surface area contributed by atoms with Gasteiger partial charge in [0.05, 0.1) is 11.6 Å². The monoisotopic (exact) mass is 479 g/mol. The zero-order chi connectivity index (χ0) is 20.8. The first-order valence-electron chi connectivity index (χ1n) is 8.11. The Kier molecular flexibility index (Phi) is 6.62. The number of nitrogens with zero attached hydrogens (tertiary/aromatic N) is 2. The van der Waals surface area contributed by atoms with Crippen molar-refractivity contribution >= 4 is 56.3 Å². The molecular weight excluding hydrogens is 465 g/mol. The molecule has 1 heterocycles. The molecule has 4 N–H and O–H groups in total. The summed E-state index contributed by atoms with van der Waals surface area (Å²) in [7, 11) is 1.58. The fraction of sp³-hybridized carbons (Fsp3) is 0.0556. The molecule has 0 aliphatic rings. The lowest BCUT2D eigenvalue weighted by atomic mass is 10.2. The Morgan fingerprint density at radius 3 is 2.55 bits per heavy atom. The number of ether oxygens (including phenoxy) is 1. The van der Waals surface area contributed by atoms with Gasteiger partial charge in [0.15, 0.2) is 16.8 Å². The SMILES string of the molecule is COc1ccc(NC(=S)Nc2nocc2/C(=N/O)Nc2ccc(F)c(Br)c2)cc1. The fourth-order valence-electron chi connectivity index (χ4n) is 2.30. The fourth-order valence-corrected chi connectivity index (χ4v) is 2.89. The number of oxime groups is 1. The smallest absolute Gasteiger partial charge is 0.186 e. The van der Waals surface area contributed by atoms with Crippen LogP contribution in [0.5, 0.6) is 5.75 Å². The normalized spacial score (nSPS) is 11.1. The summed E-state index contributed by atoms with van der Waals surface area (Å²) in [4.78, 5) is 0. The first-order chi connectivity index (χ1) is 14.0. The Balaban J connectivity index is 1.71. The number of aromatic nitrogens is 1. The standard InChI is InChI=1S/C18H15BrFN5O3S/c1-27-12-5-2-10(3-6-12)22-18(29)23-17-13(9-28-25-17)16(24-26)21-11-4-7-15(20)14(19)8-11/h2-9,26H,1H3,(H,21,24)(H2,22,23,25,29). The first-order valence-corrected chi connectivity index (χ1v) is 9.31. The molecule has 29 heavy (non-hydrogen) atoms. The van der Waals surface area contributed by atoms with E-state index in [1.165, 1.54) is 24.5 Å². The number of halogens is 2. The first kappa shape index (κ1) is 20.6. The van der Waals surface area contributed by atoms with Crippen LogP contribution in [0.2, 0.25) is 0 Å². The van der Waals surface area contributed by atoms with Gasteiger partial charge in [-0.05, 0) is 70.6 Å². The van der Waals surface area contributed by atoms with Gasteiger partial charge in [-0.25, -0.2) is 4.39 Å². The average Bonchev–Trinajstić information content (AvgIpc) is 3.17. The van der Waals surface area contributed by atoms with E-state index in [-0.39, 0.29) is 21.2 Å². The lowest BCUT2D eigenvalue weighted by molar-refractivity contribution is 0.319. The number of benzene rings is 2. The number of hydrogen-bond donors (Lipinski definition) is 4. The van der Waals surface area contributed by atoms with E-state index >= 15 is 0 Å². The van der Waals surface area contributed by atoms with Gasteiger partial charge in [-0.2, -0.15) is 0 Å². The highest BCUT2D eigenvalue weighted by Crippen LogP contribution is 2.22. The van der Waals surface area contributed by atoms with E-state index in [4.69, 9.17) is 21.5 Å². The number of hydrogen-bond acceptors (Lipinski definition) is 6. The van der Waals surface area contributed by atoms with E-state index in [0.717, 1.165) is 11.4 Å². The maximum atomic E-state index is 13.4. The average molecular weight is 480 g/mol. The maximum Gasteiger partial charge on any atom is 0.186 e. The Morgan fingerprint density at radius 2 is 1.90 bits per heavy atom. The molecule has 11 heteroatoms. The second kappa shape index (κ2) is 9.34. The summed E-state index contributed by atoms with van der Waals surface area (Å²) in [6.45, 7) is 0. The molecule has 3 rings (SSSR count). The summed E-state index contributed by atoms with van der Waals surface area (Å²) < 4.78 is 23.7. The molecule has 0 fully saturated rings. The van der Waals surface area contributed by atoms with Crippen molar-refractivity contribution in [2.45, 2.75) is 0 Å². The number of rotatable bonds is 5. The minimum Gasteiger partial charge on any atom is -0.497 e. The van der Waals surface area contributed by atoms with Crippen LogP contribution in [0.15, 0.2) is 62.9 Å². The molecular formula is C18H15BrFN5O3S. The zero-order valence-electron chi connectivity index (χ0n) is 14.9. The molecule has 2 aromatic carbocycles. The topological polar surface area (TPSA) is 104 Å². The summed E-state index contributed by atoms with van der Waals surface area (Å²) in [5, 5.41) is 25.4. The van der Waals surface area contributed by atoms with Crippen LogP contribution >= 0.6 is 28.1 Å². The zero-order valence-corrected chi connectivity index (χ0v) is 17.3. The summed E-state index contributed by atoms with van der Waals surface area (Å²) in [5.74, 6) is 0.549. The molecule has 0 atom stereocenters. The van der Waals surface area contributed by atoms with E-state index in [2.05, 4.69) is 42.2 Å². The van der Waals surface area contributed by atoms with Crippen LogP contribution in [0.4, 0.5) is 21.6 Å². The molecule has 0 aliphatic heterocycles. The second-order valence-electron chi connectivity index (χ2n) is 5.59. The van der Waals surface area contributed by atoms with Crippen molar-refractivity contribution < 1.29 is 18.9 Å². The molecule has 0 saturated carbocycles.